The van der Waals surface area contributed by atoms with Gasteiger partial charge in [-0.15, -0.1) is 0 Å². The minimum atomic E-state index is -1.10. The third-order valence-corrected chi connectivity index (χ3v) is 2.33. The number of hydrogen-bond acceptors (Lipinski definition) is 5. The highest BCUT2D eigenvalue weighted by Gasteiger charge is 2.16. The first-order valence-electron chi connectivity index (χ1n) is 5.29. The highest BCUT2D eigenvalue weighted by molar-refractivity contribution is 5.90. The molecule has 0 aliphatic carbocycles. The molecule has 0 radical (unpaired) electrons. The Morgan fingerprint density at radius 3 is 2.56 bits per heavy atom. The number of carboxylic acid groups (broad SMARTS) is 1. The molecule has 0 bridgehead atoms. The van der Waals surface area contributed by atoms with E-state index in [0.29, 0.717) is 5.82 Å². The number of carbonyl (C=O) groups is 2. The molecule has 7 heteroatoms. The number of carboxylic acids is 1. The first-order valence-corrected chi connectivity index (χ1v) is 5.29. The molecule has 4 N–H and O–H groups in total. The van der Waals surface area contributed by atoms with Crippen molar-refractivity contribution in [3.8, 4) is 0 Å². The van der Waals surface area contributed by atoms with Crippen LogP contribution in [-0.4, -0.2) is 47.0 Å². The maximum atomic E-state index is 11.6. The average Bonchev–Trinajstić information content (AvgIpc) is 2.30. The SMILES string of the molecule is CC(Nc1ncc(C(=O)O)cc1N)C(=O)N(C)C. The Labute approximate surface area is 105 Å². The zero-order valence-electron chi connectivity index (χ0n) is 10.5. The quantitative estimate of drug-likeness (QED) is 0.708. The van der Waals surface area contributed by atoms with Gasteiger partial charge in [-0.1, -0.05) is 0 Å². The molecule has 7 nitrogen and oxygen atoms in total. The molecule has 98 valence electrons. The number of rotatable bonds is 4. The Bertz CT molecular complexity index is 473. The van der Waals surface area contributed by atoms with Crippen molar-refractivity contribution in [2.24, 2.45) is 0 Å². The molecule has 0 spiro atoms. The number of aromatic carboxylic acids is 1. The van der Waals surface area contributed by atoms with Crippen molar-refractivity contribution in [2.75, 3.05) is 25.1 Å². The van der Waals surface area contributed by atoms with E-state index in [9.17, 15) is 9.59 Å². The minimum absolute atomic E-state index is 0.00430. The number of pyridine rings is 1. The summed E-state index contributed by atoms with van der Waals surface area (Å²) in [5.74, 6) is -0.931. The first-order chi connectivity index (χ1) is 8.32. The summed E-state index contributed by atoms with van der Waals surface area (Å²) in [5, 5.41) is 11.6. The third-order valence-electron chi connectivity index (χ3n) is 2.33. The number of carbonyl (C=O) groups excluding carboxylic acids is 1. The van der Waals surface area contributed by atoms with Crippen LogP contribution < -0.4 is 11.1 Å². The van der Waals surface area contributed by atoms with Gasteiger partial charge in [-0.3, -0.25) is 4.79 Å². The Balaban J connectivity index is 2.86. The van der Waals surface area contributed by atoms with Gasteiger partial charge in [0.1, 0.15) is 11.9 Å². The van der Waals surface area contributed by atoms with Crippen LogP contribution in [0.5, 0.6) is 0 Å². The molecule has 1 rings (SSSR count). The lowest BCUT2D eigenvalue weighted by Crippen LogP contribution is -2.37. The number of hydrogen-bond donors (Lipinski definition) is 3. The van der Waals surface area contributed by atoms with Crippen molar-refractivity contribution in [1.82, 2.24) is 9.88 Å². The zero-order chi connectivity index (χ0) is 13.9. The van der Waals surface area contributed by atoms with Gasteiger partial charge in [-0.05, 0) is 13.0 Å². The summed E-state index contributed by atoms with van der Waals surface area (Å²) >= 11 is 0. The van der Waals surface area contributed by atoms with E-state index in [-0.39, 0.29) is 17.2 Å². The van der Waals surface area contributed by atoms with Crippen molar-refractivity contribution >= 4 is 23.4 Å². The van der Waals surface area contributed by atoms with Gasteiger partial charge >= 0.3 is 5.97 Å². The number of likely N-dealkylation sites (N-methyl/N-ethyl adjacent to an activating group) is 1. The highest BCUT2D eigenvalue weighted by atomic mass is 16.4. The van der Waals surface area contributed by atoms with E-state index >= 15 is 0 Å². The van der Waals surface area contributed by atoms with Gasteiger partial charge in [0.15, 0.2) is 0 Å². The van der Waals surface area contributed by atoms with E-state index in [1.54, 1.807) is 21.0 Å². The molecule has 1 heterocycles. The van der Waals surface area contributed by atoms with Gasteiger partial charge in [0.05, 0.1) is 11.3 Å². The fraction of sp³-hybridized carbons (Fsp3) is 0.364. The number of nitrogens with one attached hydrogen (secondary N) is 1. The summed E-state index contributed by atoms with van der Waals surface area (Å²) in [4.78, 5) is 27.7. The molecule has 0 aromatic carbocycles. The Kier molecular flexibility index (Phi) is 4.09. The summed E-state index contributed by atoms with van der Waals surface area (Å²) in [5.41, 5.74) is 5.86. The van der Waals surface area contributed by atoms with E-state index in [1.165, 1.54) is 17.2 Å². The molecule has 1 atom stereocenters. The van der Waals surface area contributed by atoms with Gasteiger partial charge in [-0.2, -0.15) is 0 Å². The van der Waals surface area contributed by atoms with E-state index in [1.807, 2.05) is 0 Å². The summed E-state index contributed by atoms with van der Waals surface area (Å²) < 4.78 is 0. The average molecular weight is 252 g/mol. The molecular formula is C11H16N4O3. The van der Waals surface area contributed by atoms with E-state index < -0.39 is 12.0 Å². The maximum Gasteiger partial charge on any atom is 0.337 e. The fourth-order valence-electron chi connectivity index (χ4n) is 1.37. The van der Waals surface area contributed by atoms with Crippen LogP contribution >= 0.6 is 0 Å². The van der Waals surface area contributed by atoms with E-state index in [4.69, 9.17) is 10.8 Å². The maximum absolute atomic E-state index is 11.6. The topological polar surface area (TPSA) is 109 Å². The number of aromatic nitrogens is 1. The molecule has 0 aliphatic heterocycles. The van der Waals surface area contributed by atoms with Crippen LogP contribution in [-0.2, 0) is 4.79 Å². The van der Waals surface area contributed by atoms with Gasteiger partial charge in [0.2, 0.25) is 5.91 Å². The molecule has 18 heavy (non-hydrogen) atoms. The summed E-state index contributed by atoms with van der Waals surface area (Å²) in [6.07, 6.45) is 1.19. The molecule has 1 aromatic heterocycles. The lowest BCUT2D eigenvalue weighted by molar-refractivity contribution is -0.129. The van der Waals surface area contributed by atoms with Gasteiger partial charge in [0, 0.05) is 20.3 Å². The molecule has 1 aromatic rings. The Morgan fingerprint density at radius 2 is 2.11 bits per heavy atom. The second kappa shape index (κ2) is 5.35. The van der Waals surface area contributed by atoms with Crippen LogP contribution in [0.1, 0.15) is 17.3 Å². The largest absolute Gasteiger partial charge is 0.478 e. The zero-order valence-corrected chi connectivity index (χ0v) is 10.5. The predicted molar refractivity (Wildman–Crippen MR) is 67.4 cm³/mol. The van der Waals surface area contributed by atoms with Gasteiger partial charge in [-0.25, -0.2) is 9.78 Å². The number of nitrogens with two attached hydrogens (primary N) is 1. The molecular weight excluding hydrogens is 236 g/mol. The van der Waals surface area contributed by atoms with Crippen LogP contribution in [0, 0.1) is 0 Å². The van der Waals surface area contributed by atoms with Crippen LogP contribution in [0.4, 0.5) is 11.5 Å². The summed E-state index contributed by atoms with van der Waals surface area (Å²) in [6.45, 7) is 1.68. The molecule has 1 unspecified atom stereocenters. The second-order valence-corrected chi connectivity index (χ2v) is 4.07. The van der Waals surface area contributed by atoms with Crippen molar-refractivity contribution in [3.05, 3.63) is 17.8 Å². The third kappa shape index (κ3) is 3.09. The lowest BCUT2D eigenvalue weighted by atomic mass is 10.2. The number of nitrogen functional groups attached to an aromatic ring is 1. The highest BCUT2D eigenvalue weighted by Crippen LogP contribution is 2.17. The van der Waals surface area contributed by atoms with E-state index in [2.05, 4.69) is 10.3 Å². The molecule has 1 amide bonds. The predicted octanol–water partition coefficient (Wildman–Crippen LogP) is 0.251. The summed E-state index contributed by atoms with van der Waals surface area (Å²) in [7, 11) is 3.29. The second-order valence-electron chi connectivity index (χ2n) is 4.07. The fourth-order valence-corrected chi connectivity index (χ4v) is 1.37. The Hall–Kier alpha value is -2.31. The number of amides is 1. The number of nitrogens with zero attached hydrogens (tertiary/aromatic N) is 2. The monoisotopic (exact) mass is 252 g/mol. The molecule has 0 saturated heterocycles. The van der Waals surface area contributed by atoms with Crippen molar-refractivity contribution in [2.45, 2.75) is 13.0 Å². The van der Waals surface area contributed by atoms with Crippen LogP contribution in [0.2, 0.25) is 0 Å². The van der Waals surface area contributed by atoms with Crippen LogP contribution in [0.3, 0.4) is 0 Å². The normalized spacial score (nSPS) is 11.7. The molecule has 0 aliphatic rings. The molecule has 0 saturated carbocycles. The van der Waals surface area contributed by atoms with Crippen molar-refractivity contribution in [1.29, 1.82) is 0 Å². The lowest BCUT2D eigenvalue weighted by Gasteiger charge is -2.19. The van der Waals surface area contributed by atoms with Crippen molar-refractivity contribution < 1.29 is 14.7 Å². The Morgan fingerprint density at radius 1 is 1.50 bits per heavy atom. The van der Waals surface area contributed by atoms with Crippen LogP contribution in [0.15, 0.2) is 12.3 Å². The standard InChI is InChI=1S/C11H16N4O3/c1-6(10(16)15(2)3)14-9-8(12)4-7(5-13-9)11(17)18/h4-6H,12H2,1-3H3,(H,13,14)(H,17,18). The van der Waals surface area contributed by atoms with Crippen LogP contribution in [0.25, 0.3) is 0 Å². The van der Waals surface area contributed by atoms with E-state index in [0.717, 1.165) is 0 Å². The van der Waals surface area contributed by atoms with Crippen molar-refractivity contribution in [3.63, 3.8) is 0 Å². The summed E-state index contributed by atoms with van der Waals surface area (Å²) in [6, 6.07) is 0.801. The van der Waals surface area contributed by atoms with Gasteiger partial charge in [0.25, 0.3) is 0 Å². The first kappa shape index (κ1) is 13.8. The smallest absolute Gasteiger partial charge is 0.337 e. The van der Waals surface area contributed by atoms with Gasteiger partial charge < -0.3 is 21.1 Å². The molecule has 0 fully saturated rings. The number of anilines is 2. The minimum Gasteiger partial charge on any atom is -0.478 e.